The number of rotatable bonds is 1. The van der Waals surface area contributed by atoms with Gasteiger partial charge in [0.15, 0.2) is 6.23 Å². The molecule has 2 heterocycles. The molecule has 0 spiro atoms. The fourth-order valence-electron chi connectivity index (χ4n) is 3.02. The van der Waals surface area contributed by atoms with E-state index in [9.17, 15) is 0 Å². The smallest absolute Gasteiger partial charge is 0.185 e. The standard InChI is InChI=1S/C17H16N2O/c1-12-19-16(14-9-5-6-10-17(14)20-12)11-15(18-19)13-7-3-2-4-8-13/h2-10,12,16H,11H2,1H3/t12-,16+/m1/s1. The highest BCUT2D eigenvalue weighted by molar-refractivity contribution is 6.01. The molecule has 0 N–H and O–H groups in total. The second-order valence-corrected chi connectivity index (χ2v) is 5.27. The number of hydrazone groups is 1. The van der Waals surface area contributed by atoms with Crippen molar-refractivity contribution in [1.82, 2.24) is 5.01 Å². The lowest BCUT2D eigenvalue weighted by Gasteiger charge is -2.36. The van der Waals surface area contributed by atoms with Crippen LogP contribution >= 0.6 is 0 Å². The van der Waals surface area contributed by atoms with Gasteiger partial charge >= 0.3 is 0 Å². The first-order valence-electron chi connectivity index (χ1n) is 7.00. The van der Waals surface area contributed by atoms with E-state index < -0.39 is 0 Å². The van der Waals surface area contributed by atoms with Gasteiger partial charge in [0.2, 0.25) is 0 Å². The molecule has 2 aromatic rings. The predicted octanol–water partition coefficient (Wildman–Crippen LogP) is 3.58. The minimum atomic E-state index is -0.0175. The average Bonchev–Trinajstić information content (AvgIpc) is 2.94. The highest BCUT2D eigenvalue weighted by atomic mass is 16.5. The molecule has 2 aliphatic heterocycles. The Balaban J connectivity index is 1.74. The second-order valence-electron chi connectivity index (χ2n) is 5.27. The molecule has 2 aliphatic rings. The Morgan fingerprint density at radius 3 is 2.65 bits per heavy atom. The predicted molar refractivity (Wildman–Crippen MR) is 78.7 cm³/mol. The van der Waals surface area contributed by atoms with Crippen LogP contribution in [0.25, 0.3) is 0 Å². The van der Waals surface area contributed by atoms with Gasteiger partial charge in [0.05, 0.1) is 11.8 Å². The van der Waals surface area contributed by atoms with Gasteiger partial charge in [0.25, 0.3) is 0 Å². The summed E-state index contributed by atoms with van der Waals surface area (Å²) in [5.74, 6) is 0.991. The van der Waals surface area contributed by atoms with Crippen molar-refractivity contribution in [1.29, 1.82) is 0 Å². The van der Waals surface area contributed by atoms with Gasteiger partial charge in [-0.2, -0.15) is 5.10 Å². The Morgan fingerprint density at radius 1 is 1.05 bits per heavy atom. The van der Waals surface area contributed by atoms with Crippen LogP contribution in [0.1, 0.15) is 30.5 Å². The maximum absolute atomic E-state index is 5.95. The Morgan fingerprint density at radius 2 is 1.80 bits per heavy atom. The fourth-order valence-corrected chi connectivity index (χ4v) is 3.02. The largest absolute Gasteiger partial charge is 0.469 e. The van der Waals surface area contributed by atoms with E-state index in [0.29, 0.717) is 6.04 Å². The van der Waals surface area contributed by atoms with Crippen molar-refractivity contribution in [2.24, 2.45) is 5.10 Å². The van der Waals surface area contributed by atoms with Crippen LogP contribution in [-0.2, 0) is 0 Å². The first-order chi connectivity index (χ1) is 9.83. The second kappa shape index (κ2) is 4.37. The van der Waals surface area contributed by atoms with Crippen molar-refractivity contribution in [3.8, 4) is 5.75 Å². The Labute approximate surface area is 118 Å². The van der Waals surface area contributed by atoms with Gasteiger partial charge < -0.3 is 4.74 Å². The molecule has 20 heavy (non-hydrogen) atoms. The molecule has 0 aromatic heterocycles. The van der Waals surface area contributed by atoms with Crippen LogP contribution in [0.15, 0.2) is 59.7 Å². The first kappa shape index (κ1) is 11.5. The van der Waals surface area contributed by atoms with E-state index >= 15 is 0 Å². The fraction of sp³-hybridized carbons (Fsp3) is 0.235. The number of hydrogen-bond donors (Lipinski definition) is 0. The van der Waals surface area contributed by atoms with Gasteiger partial charge in [-0.1, -0.05) is 48.5 Å². The lowest BCUT2D eigenvalue weighted by atomic mass is 9.97. The van der Waals surface area contributed by atoms with Crippen LogP contribution in [0.3, 0.4) is 0 Å². The normalized spacial score (nSPS) is 23.6. The summed E-state index contributed by atoms with van der Waals surface area (Å²) in [7, 11) is 0. The van der Waals surface area contributed by atoms with Crippen molar-refractivity contribution in [3.63, 3.8) is 0 Å². The molecule has 0 saturated heterocycles. The lowest BCUT2D eigenvalue weighted by molar-refractivity contribution is -0.00334. The summed E-state index contributed by atoms with van der Waals surface area (Å²) in [6.45, 7) is 2.06. The summed E-state index contributed by atoms with van der Waals surface area (Å²) in [5.41, 5.74) is 3.58. The van der Waals surface area contributed by atoms with E-state index in [1.54, 1.807) is 0 Å². The summed E-state index contributed by atoms with van der Waals surface area (Å²) < 4.78 is 5.95. The molecule has 0 saturated carbocycles. The molecule has 3 heteroatoms. The quantitative estimate of drug-likeness (QED) is 0.786. The van der Waals surface area contributed by atoms with Crippen molar-refractivity contribution < 1.29 is 4.74 Å². The van der Waals surface area contributed by atoms with E-state index in [1.165, 1.54) is 11.1 Å². The van der Waals surface area contributed by atoms with Crippen LogP contribution in [-0.4, -0.2) is 16.9 Å². The van der Waals surface area contributed by atoms with E-state index in [1.807, 2.05) is 18.2 Å². The third-order valence-electron chi connectivity index (χ3n) is 4.00. The van der Waals surface area contributed by atoms with Gasteiger partial charge in [-0.05, 0) is 18.6 Å². The molecule has 4 rings (SSSR count). The number of para-hydroxylation sites is 1. The molecule has 2 atom stereocenters. The zero-order valence-corrected chi connectivity index (χ0v) is 11.4. The molecule has 0 radical (unpaired) electrons. The Kier molecular flexibility index (Phi) is 2.52. The van der Waals surface area contributed by atoms with Crippen molar-refractivity contribution in [3.05, 3.63) is 65.7 Å². The maximum atomic E-state index is 5.95. The van der Waals surface area contributed by atoms with E-state index in [2.05, 4.69) is 48.3 Å². The highest BCUT2D eigenvalue weighted by Crippen LogP contribution is 2.42. The molecule has 0 unspecified atom stereocenters. The highest BCUT2D eigenvalue weighted by Gasteiger charge is 2.37. The van der Waals surface area contributed by atoms with Gasteiger partial charge in [-0.15, -0.1) is 0 Å². The third-order valence-corrected chi connectivity index (χ3v) is 4.00. The minimum Gasteiger partial charge on any atom is -0.469 e. The lowest BCUT2D eigenvalue weighted by Crippen LogP contribution is -2.37. The molecule has 2 aromatic carbocycles. The molecule has 0 bridgehead atoms. The van der Waals surface area contributed by atoms with Crippen molar-refractivity contribution in [2.75, 3.05) is 0 Å². The minimum absolute atomic E-state index is 0.0175. The summed E-state index contributed by atoms with van der Waals surface area (Å²) in [5, 5.41) is 6.87. The van der Waals surface area contributed by atoms with Crippen LogP contribution in [0.2, 0.25) is 0 Å². The van der Waals surface area contributed by atoms with Crippen LogP contribution in [0.5, 0.6) is 5.75 Å². The number of fused-ring (bicyclic) bond motifs is 3. The summed E-state index contributed by atoms with van der Waals surface area (Å²) in [6, 6.07) is 19.0. The molecular weight excluding hydrogens is 248 g/mol. The number of nitrogens with zero attached hydrogens (tertiary/aromatic N) is 2. The zero-order chi connectivity index (χ0) is 13.5. The zero-order valence-electron chi connectivity index (χ0n) is 11.4. The molecule has 0 aliphatic carbocycles. The number of ether oxygens (including phenoxy) is 1. The molecule has 0 fully saturated rings. The SMILES string of the molecule is C[C@H]1Oc2ccccc2[C@@H]2CC(c3ccccc3)=NN12. The van der Waals surface area contributed by atoms with Crippen molar-refractivity contribution >= 4 is 5.71 Å². The van der Waals surface area contributed by atoms with E-state index in [-0.39, 0.29) is 6.23 Å². The van der Waals surface area contributed by atoms with Gasteiger partial charge in [0.1, 0.15) is 5.75 Å². The number of benzene rings is 2. The Hall–Kier alpha value is -2.29. The van der Waals surface area contributed by atoms with Crippen molar-refractivity contribution in [2.45, 2.75) is 25.6 Å². The molecule has 0 amide bonds. The summed E-state index contributed by atoms with van der Waals surface area (Å²) in [6.07, 6.45) is 0.922. The third kappa shape index (κ3) is 1.70. The molecule has 100 valence electrons. The number of hydrogen-bond acceptors (Lipinski definition) is 3. The maximum Gasteiger partial charge on any atom is 0.185 e. The van der Waals surface area contributed by atoms with Gasteiger partial charge in [-0.3, -0.25) is 5.01 Å². The summed E-state index contributed by atoms with van der Waals surface area (Å²) in [4.78, 5) is 0. The van der Waals surface area contributed by atoms with E-state index in [4.69, 9.17) is 9.84 Å². The van der Waals surface area contributed by atoms with Gasteiger partial charge in [-0.25, -0.2) is 0 Å². The monoisotopic (exact) mass is 264 g/mol. The average molecular weight is 264 g/mol. The topological polar surface area (TPSA) is 24.8 Å². The van der Waals surface area contributed by atoms with Gasteiger partial charge in [0, 0.05) is 12.0 Å². The van der Waals surface area contributed by atoms with Crippen LogP contribution in [0, 0.1) is 0 Å². The first-order valence-corrected chi connectivity index (χ1v) is 7.00. The van der Waals surface area contributed by atoms with E-state index in [0.717, 1.165) is 17.9 Å². The molecular formula is C17H16N2O. The summed E-state index contributed by atoms with van der Waals surface area (Å²) >= 11 is 0. The van der Waals surface area contributed by atoms with Crippen LogP contribution in [0.4, 0.5) is 0 Å². The van der Waals surface area contributed by atoms with Crippen LogP contribution < -0.4 is 4.74 Å². The Bertz CT molecular complexity index is 666. The molecule has 3 nitrogen and oxygen atoms in total.